The normalized spacial score (nSPS) is 33.6. The second kappa shape index (κ2) is 6.40. The quantitative estimate of drug-likeness (QED) is 0.831. The molecule has 4 fully saturated rings. The maximum atomic E-state index is 13.2. The van der Waals surface area contributed by atoms with Crippen LogP contribution in [0.2, 0.25) is 0 Å². The number of hydrogen-bond donors (Lipinski definition) is 1. The van der Waals surface area contributed by atoms with Gasteiger partial charge in [0, 0.05) is 22.8 Å². The molecule has 5 aliphatic carbocycles. The Morgan fingerprint density at radius 3 is 2.52 bits per heavy atom. The Labute approximate surface area is 174 Å². The summed E-state index contributed by atoms with van der Waals surface area (Å²) in [5.41, 5.74) is 1.33. The lowest BCUT2D eigenvalue weighted by Gasteiger charge is -2.59. The van der Waals surface area contributed by atoms with Crippen LogP contribution in [0.5, 0.6) is 0 Å². The van der Waals surface area contributed by atoms with E-state index in [1.54, 1.807) is 15.7 Å². The summed E-state index contributed by atoms with van der Waals surface area (Å²) in [5, 5.41) is 3.24. The summed E-state index contributed by atoms with van der Waals surface area (Å²) in [4.78, 5) is 32.8. The van der Waals surface area contributed by atoms with E-state index in [1.807, 2.05) is 0 Å². The number of rotatable bonds is 3. The number of carbonyl (C=O) groups is 1. The van der Waals surface area contributed by atoms with Crippen LogP contribution in [0.25, 0.3) is 4.96 Å². The highest BCUT2D eigenvalue weighted by Gasteiger charge is 2.53. The van der Waals surface area contributed by atoms with Crippen LogP contribution in [0.1, 0.15) is 79.2 Å². The lowest BCUT2D eigenvalue weighted by Crippen LogP contribution is -2.56. The highest BCUT2D eigenvalue weighted by molar-refractivity contribution is 7.17. The average molecular weight is 412 g/mol. The van der Waals surface area contributed by atoms with Crippen molar-refractivity contribution in [2.45, 2.75) is 77.2 Å². The summed E-state index contributed by atoms with van der Waals surface area (Å²) in [7, 11) is 0. The molecule has 1 N–H and O–H groups in total. The van der Waals surface area contributed by atoms with Gasteiger partial charge in [0.15, 0.2) is 4.96 Å². The maximum Gasteiger partial charge on any atom is 0.271 e. The van der Waals surface area contributed by atoms with Crippen LogP contribution in [-0.2, 0) is 12.8 Å². The Bertz CT molecular complexity index is 1020. The highest BCUT2D eigenvalue weighted by Crippen LogP contribution is 2.61. The van der Waals surface area contributed by atoms with Crippen LogP contribution in [0, 0.1) is 23.2 Å². The van der Waals surface area contributed by atoms with Gasteiger partial charge < -0.3 is 5.32 Å². The second-order valence-electron chi connectivity index (χ2n) is 10.2. The van der Waals surface area contributed by atoms with Crippen molar-refractivity contribution < 1.29 is 4.79 Å². The topological polar surface area (TPSA) is 63.5 Å². The minimum Gasteiger partial charge on any atom is -0.349 e. The molecule has 2 heterocycles. The molecule has 5 nitrogen and oxygen atoms in total. The summed E-state index contributed by atoms with van der Waals surface area (Å²) < 4.78 is 1.71. The zero-order valence-corrected chi connectivity index (χ0v) is 17.9. The molecule has 0 aliphatic heterocycles. The number of thiazole rings is 1. The van der Waals surface area contributed by atoms with E-state index in [4.69, 9.17) is 0 Å². The average Bonchev–Trinajstić information content (AvgIpc) is 3.06. The highest BCUT2D eigenvalue weighted by atomic mass is 32.1. The van der Waals surface area contributed by atoms with Crippen LogP contribution < -0.4 is 10.9 Å². The van der Waals surface area contributed by atoms with E-state index in [9.17, 15) is 9.59 Å². The van der Waals surface area contributed by atoms with Gasteiger partial charge in [-0.25, -0.2) is 4.98 Å². The lowest BCUT2D eigenvalue weighted by molar-refractivity contribution is -0.0688. The molecule has 7 rings (SSSR count). The molecule has 29 heavy (non-hydrogen) atoms. The van der Waals surface area contributed by atoms with E-state index in [1.165, 1.54) is 56.0 Å². The number of fused-ring (bicyclic) bond motifs is 3. The molecule has 0 radical (unpaired) electrons. The molecule has 2 aromatic rings. The van der Waals surface area contributed by atoms with Gasteiger partial charge in [0.25, 0.3) is 11.5 Å². The third kappa shape index (κ3) is 2.74. The van der Waals surface area contributed by atoms with Crippen LogP contribution in [0.15, 0.2) is 11.0 Å². The van der Waals surface area contributed by atoms with Crippen molar-refractivity contribution >= 4 is 22.2 Å². The molecular formula is C23H29N3O2S. The number of aryl methyl sites for hydroxylation is 2. The first-order valence-corrected chi connectivity index (χ1v) is 12.2. The fraction of sp³-hybridized carbons (Fsp3) is 0.696. The van der Waals surface area contributed by atoms with Gasteiger partial charge in [0.05, 0.1) is 0 Å². The summed E-state index contributed by atoms with van der Waals surface area (Å²) >= 11 is 1.61. The van der Waals surface area contributed by atoms with Crippen molar-refractivity contribution in [1.82, 2.24) is 14.7 Å². The molecule has 4 bridgehead atoms. The first-order chi connectivity index (χ1) is 14.0. The van der Waals surface area contributed by atoms with Crippen LogP contribution in [-0.4, -0.2) is 21.3 Å². The molecule has 6 heteroatoms. The van der Waals surface area contributed by atoms with Gasteiger partial charge in [-0.05, 0) is 94.3 Å². The number of nitrogens with one attached hydrogen (secondary N) is 1. The predicted molar refractivity (Wildman–Crippen MR) is 114 cm³/mol. The molecule has 154 valence electrons. The molecule has 2 aromatic heterocycles. The van der Waals surface area contributed by atoms with Gasteiger partial charge in [-0.2, -0.15) is 0 Å². The van der Waals surface area contributed by atoms with Gasteiger partial charge in [-0.3, -0.25) is 14.0 Å². The second-order valence-corrected chi connectivity index (χ2v) is 11.3. The summed E-state index contributed by atoms with van der Waals surface area (Å²) in [6.45, 7) is 2.17. The number of carbonyl (C=O) groups excluding carboxylic acids is 1. The van der Waals surface area contributed by atoms with E-state index in [0.29, 0.717) is 0 Å². The van der Waals surface area contributed by atoms with Crippen molar-refractivity contribution in [3.05, 3.63) is 32.7 Å². The zero-order valence-electron chi connectivity index (χ0n) is 17.1. The van der Waals surface area contributed by atoms with E-state index in [-0.39, 0.29) is 28.5 Å². The standard InChI is InChI=1S/C23H29N3O2S/c1-13(23-9-14-6-15(10-23)8-16(7-14)11-23)25-20(27)17-12-24-22-26(21(17)28)18-4-2-3-5-19(18)29-22/h12-16H,2-11H2,1H3,(H,25,27). The van der Waals surface area contributed by atoms with Crippen molar-refractivity contribution in [2.24, 2.45) is 23.2 Å². The molecule has 1 unspecified atom stereocenters. The summed E-state index contributed by atoms with van der Waals surface area (Å²) in [5.74, 6) is 2.31. The lowest BCUT2D eigenvalue weighted by atomic mass is 9.48. The Hall–Kier alpha value is -1.69. The molecule has 0 spiro atoms. The zero-order chi connectivity index (χ0) is 19.8. The SMILES string of the molecule is CC(NC(=O)c1cnc2sc3c(n2c1=O)CCCC3)C12CC3CC(CC(C3)C1)C2. The predicted octanol–water partition coefficient (Wildman–Crippen LogP) is 3.97. The molecule has 1 amide bonds. The van der Waals surface area contributed by atoms with Gasteiger partial charge in [-0.15, -0.1) is 11.3 Å². The minimum atomic E-state index is -0.240. The number of hydrogen-bond acceptors (Lipinski definition) is 4. The van der Waals surface area contributed by atoms with E-state index in [2.05, 4.69) is 17.2 Å². The number of aromatic nitrogens is 2. The fourth-order valence-electron chi connectivity index (χ4n) is 7.36. The first-order valence-electron chi connectivity index (χ1n) is 11.4. The molecule has 0 aromatic carbocycles. The third-order valence-corrected chi connectivity index (χ3v) is 9.56. The molecular weight excluding hydrogens is 382 g/mol. The Balaban J connectivity index is 1.29. The smallest absolute Gasteiger partial charge is 0.271 e. The van der Waals surface area contributed by atoms with E-state index in [0.717, 1.165) is 47.7 Å². The van der Waals surface area contributed by atoms with Gasteiger partial charge in [0.2, 0.25) is 0 Å². The van der Waals surface area contributed by atoms with E-state index >= 15 is 0 Å². The Kier molecular flexibility index (Phi) is 4.00. The Morgan fingerprint density at radius 2 is 1.83 bits per heavy atom. The van der Waals surface area contributed by atoms with Crippen LogP contribution in [0.3, 0.4) is 0 Å². The third-order valence-electron chi connectivity index (χ3n) is 8.40. The Morgan fingerprint density at radius 1 is 1.17 bits per heavy atom. The molecule has 4 saturated carbocycles. The van der Waals surface area contributed by atoms with Crippen LogP contribution in [0.4, 0.5) is 0 Å². The maximum absolute atomic E-state index is 13.2. The summed E-state index contributed by atoms with van der Waals surface area (Å²) in [6.07, 6.45) is 13.6. The van der Waals surface area contributed by atoms with Crippen molar-refractivity contribution in [3.63, 3.8) is 0 Å². The van der Waals surface area contributed by atoms with Gasteiger partial charge in [-0.1, -0.05) is 0 Å². The summed E-state index contributed by atoms with van der Waals surface area (Å²) in [6, 6.07) is 0.111. The van der Waals surface area contributed by atoms with Crippen LogP contribution >= 0.6 is 11.3 Å². The van der Waals surface area contributed by atoms with Crippen molar-refractivity contribution in [1.29, 1.82) is 0 Å². The molecule has 0 saturated heterocycles. The van der Waals surface area contributed by atoms with Crippen molar-refractivity contribution in [3.8, 4) is 0 Å². The molecule has 5 aliphatic rings. The van der Waals surface area contributed by atoms with E-state index < -0.39 is 0 Å². The first kappa shape index (κ1) is 18.1. The largest absolute Gasteiger partial charge is 0.349 e. The monoisotopic (exact) mass is 411 g/mol. The molecule has 1 atom stereocenters. The van der Waals surface area contributed by atoms with Gasteiger partial charge in [0.1, 0.15) is 5.56 Å². The fourth-order valence-corrected chi connectivity index (χ4v) is 8.53. The van der Waals surface area contributed by atoms with Crippen molar-refractivity contribution in [2.75, 3.05) is 0 Å². The number of nitrogens with zero attached hydrogens (tertiary/aromatic N) is 2. The minimum absolute atomic E-state index is 0.111. The number of amides is 1. The van der Waals surface area contributed by atoms with Gasteiger partial charge >= 0.3 is 0 Å².